The maximum absolute atomic E-state index is 12.5. The number of fused-ring (bicyclic) bond motifs is 3. The number of hydrogen-bond acceptors (Lipinski definition) is 7. The van der Waals surface area contributed by atoms with Crippen molar-refractivity contribution in [1.29, 1.82) is 0 Å². The van der Waals surface area contributed by atoms with Crippen LogP contribution in [0.4, 0.5) is 0 Å². The first-order valence-corrected chi connectivity index (χ1v) is 12.4. The van der Waals surface area contributed by atoms with Gasteiger partial charge < -0.3 is 15.0 Å². The van der Waals surface area contributed by atoms with Gasteiger partial charge in [0.25, 0.3) is 5.56 Å². The number of carbonyl (C=O) groups is 1. The maximum atomic E-state index is 12.5. The highest BCUT2D eigenvalue weighted by Crippen LogP contribution is 2.33. The summed E-state index contributed by atoms with van der Waals surface area (Å²) in [4.78, 5) is 36.7. The molecule has 0 bridgehead atoms. The Bertz CT molecular complexity index is 905. The van der Waals surface area contributed by atoms with Crippen molar-refractivity contribution < 1.29 is 9.53 Å². The molecule has 1 fully saturated rings. The Morgan fingerprint density at radius 1 is 1.28 bits per heavy atom. The number of H-pyrrole nitrogens is 1. The molecule has 0 atom stereocenters. The second-order valence-corrected chi connectivity index (χ2v) is 9.70. The van der Waals surface area contributed by atoms with Gasteiger partial charge in [-0.1, -0.05) is 0 Å². The van der Waals surface area contributed by atoms with Crippen molar-refractivity contribution in [1.82, 2.24) is 20.2 Å². The fourth-order valence-corrected chi connectivity index (χ4v) is 5.96. The Labute approximate surface area is 178 Å². The minimum absolute atomic E-state index is 0.00847. The number of nitrogens with zero attached hydrogens (tertiary/aromatic N) is 2. The molecule has 0 saturated carbocycles. The lowest BCUT2D eigenvalue weighted by Gasteiger charge is -2.26. The fourth-order valence-electron chi connectivity index (χ4n) is 3.88. The zero-order valence-corrected chi connectivity index (χ0v) is 18.3. The highest BCUT2D eigenvalue weighted by molar-refractivity contribution is 7.98. The van der Waals surface area contributed by atoms with Gasteiger partial charge in [0.15, 0.2) is 0 Å². The lowest BCUT2D eigenvalue weighted by molar-refractivity contribution is -0.120. The summed E-state index contributed by atoms with van der Waals surface area (Å²) in [5.41, 5.74) is 1.21. The van der Waals surface area contributed by atoms with E-state index in [9.17, 15) is 9.59 Å². The summed E-state index contributed by atoms with van der Waals surface area (Å²) in [6.45, 7) is 4.99. The molecule has 4 rings (SSSR count). The molecule has 1 aliphatic heterocycles. The van der Waals surface area contributed by atoms with E-state index < -0.39 is 0 Å². The highest BCUT2D eigenvalue weighted by atomic mass is 32.2. The van der Waals surface area contributed by atoms with Crippen LogP contribution in [0.15, 0.2) is 4.79 Å². The van der Waals surface area contributed by atoms with Crippen molar-refractivity contribution in [3.63, 3.8) is 0 Å². The number of amides is 1. The highest BCUT2D eigenvalue weighted by Gasteiger charge is 2.19. The molecule has 1 saturated heterocycles. The Kier molecular flexibility index (Phi) is 7.23. The minimum Gasteiger partial charge on any atom is -0.379 e. The summed E-state index contributed by atoms with van der Waals surface area (Å²) in [6.07, 6.45) is 4.91. The average Bonchev–Trinajstić information content (AvgIpc) is 3.11. The molecule has 0 unspecified atom stereocenters. The van der Waals surface area contributed by atoms with Gasteiger partial charge in [-0.25, -0.2) is 4.98 Å². The van der Waals surface area contributed by atoms with E-state index in [4.69, 9.17) is 4.74 Å². The Morgan fingerprint density at radius 2 is 2.10 bits per heavy atom. The first-order chi connectivity index (χ1) is 14.2. The van der Waals surface area contributed by atoms with Crippen LogP contribution < -0.4 is 10.9 Å². The number of thiophene rings is 1. The molecule has 0 spiro atoms. The molecule has 2 aliphatic rings. The van der Waals surface area contributed by atoms with E-state index in [1.807, 2.05) is 0 Å². The van der Waals surface area contributed by atoms with Crippen LogP contribution in [0.3, 0.4) is 0 Å². The summed E-state index contributed by atoms with van der Waals surface area (Å²) < 4.78 is 5.32. The molecular formula is C20H28N4O3S2. The number of ether oxygens (including phenoxy) is 1. The number of hydrogen-bond donors (Lipinski definition) is 2. The standard InChI is InChI=1S/C20H28N4O3S2/c25-17(21-6-7-24-8-10-27-11-9-24)5-12-28-13-16-22-19(26)18-14-3-1-2-4-15(14)29-20(18)23-16/h1-13H2,(H,21,25)(H,22,23,26). The lowest BCUT2D eigenvalue weighted by Crippen LogP contribution is -2.41. The van der Waals surface area contributed by atoms with Crippen molar-refractivity contribution in [2.75, 3.05) is 45.1 Å². The van der Waals surface area contributed by atoms with Gasteiger partial charge in [-0.15, -0.1) is 11.3 Å². The molecule has 29 heavy (non-hydrogen) atoms. The van der Waals surface area contributed by atoms with E-state index in [1.165, 1.54) is 16.9 Å². The van der Waals surface area contributed by atoms with Gasteiger partial charge in [-0.3, -0.25) is 14.5 Å². The van der Waals surface area contributed by atoms with Crippen LogP contribution in [0, 0.1) is 0 Å². The lowest BCUT2D eigenvalue weighted by atomic mass is 9.97. The zero-order chi connectivity index (χ0) is 20.1. The third-order valence-corrected chi connectivity index (χ3v) is 7.60. The molecule has 158 valence electrons. The number of nitrogens with one attached hydrogen (secondary N) is 2. The van der Waals surface area contributed by atoms with Gasteiger partial charge in [0, 0.05) is 43.2 Å². The molecule has 1 aliphatic carbocycles. The van der Waals surface area contributed by atoms with Crippen LogP contribution in [0.25, 0.3) is 10.2 Å². The van der Waals surface area contributed by atoms with Gasteiger partial charge in [0.2, 0.25) is 5.91 Å². The van der Waals surface area contributed by atoms with Crippen molar-refractivity contribution in [3.8, 4) is 0 Å². The van der Waals surface area contributed by atoms with E-state index in [-0.39, 0.29) is 11.5 Å². The molecule has 0 radical (unpaired) electrons. The third-order valence-electron chi connectivity index (χ3n) is 5.44. The van der Waals surface area contributed by atoms with Crippen LogP contribution in [-0.2, 0) is 28.1 Å². The van der Waals surface area contributed by atoms with Crippen molar-refractivity contribution >= 4 is 39.2 Å². The molecule has 1 amide bonds. The number of thioether (sulfide) groups is 1. The van der Waals surface area contributed by atoms with Gasteiger partial charge in [-0.05, 0) is 31.2 Å². The van der Waals surface area contributed by atoms with Crippen LogP contribution in [-0.4, -0.2) is 65.9 Å². The topological polar surface area (TPSA) is 87.3 Å². The monoisotopic (exact) mass is 436 g/mol. The van der Waals surface area contributed by atoms with Crippen LogP contribution in [0.2, 0.25) is 0 Å². The molecule has 9 heteroatoms. The first kappa shape index (κ1) is 20.8. The maximum Gasteiger partial charge on any atom is 0.259 e. The predicted molar refractivity (Wildman–Crippen MR) is 118 cm³/mol. The van der Waals surface area contributed by atoms with Crippen molar-refractivity contribution in [2.45, 2.75) is 37.9 Å². The zero-order valence-electron chi connectivity index (χ0n) is 16.6. The molecule has 0 aromatic carbocycles. The molecule has 3 heterocycles. The molecule has 2 N–H and O–H groups in total. The number of morpholine rings is 1. The molecule has 2 aromatic rings. The van der Waals surface area contributed by atoms with E-state index in [1.54, 1.807) is 23.1 Å². The van der Waals surface area contributed by atoms with Crippen LogP contribution in [0.5, 0.6) is 0 Å². The Balaban J connectivity index is 1.21. The predicted octanol–water partition coefficient (Wildman–Crippen LogP) is 1.94. The number of aromatic amines is 1. The number of aromatic nitrogens is 2. The second-order valence-electron chi connectivity index (χ2n) is 7.51. The van der Waals surface area contributed by atoms with E-state index in [0.29, 0.717) is 30.3 Å². The van der Waals surface area contributed by atoms with E-state index in [0.717, 1.165) is 62.3 Å². The summed E-state index contributed by atoms with van der Waals surface area (Å²) in [6, 6.07) is 0. The number of carbonyl (C=O) groups excluding carboxylic acids is 1. The summed E-state index contributed by atoms with van der Waals surface area (Å²) >= 11 is 3.31. The van der Waals surface area contributed by atoms with Gasteiger partial charge in [0.05, 0.1) is 24.4 Å². The van der Waals surface area contributed by atoms with E-state index >= 15 is 0 Å². The van der Waals surface area contributed by atoms with Crippen molar-refractivity contribution in [3.05, 3.63) is 26.6 Å². The quantitative estimate of drug-likeness (QED) is 0.615. The summed E-state index contributed by atoms with van der Waals surface area (Å²) in [5, 5.41) is 3.79. The van der Waals surface area contributed by atoms with Gasteiger partial charge >= 0.3 is 0 Å². The number of aryl methyl sites for hydroxylation is 2. The smallest absolute Gasteiger partial charge is 0.259 e. The van der Waals surface area contributed by atoms with Crippen LogP contribution in [0.1, 0.15) is 35.5 Å². The molecular weight excluding hydrogens is 408 g/mol. The summed E-state index contributed by atoms with van der Waals surface area (Å²) in [7, 11) is 0. The largest absolute Gasteiger partial charge is 0.379 e. The summed E-state index contributed by atoms with van der Waals surface area (Å²) in [5.74, 6) is 2.12. The van der Waals surface area contributed by atoms with Gasteiger partial charge in [-0.2, -0.15) is 11.8 Å². The molecule has 2 aromatic heterocycles. The fraction of sp³-hybridized carbons (Fsp3) is 0.650. The number of rotatable bonds is 8. The first-order valence-electron chi connectivity index (χ1n) is 10.4. The average molecular weight is 437 g/mol. The van der Waals surface area contributed by atoms with Crippen molar-refractivity contribution in [2.24, 2.45) is 0 Å². The molecule has 7 nitrogen and oxygen atoms in total. The Morgan fingerprint density at radius 3 is 2.97 bits per heavy atom. The third kappa shape index (κ3) is 5.39. The Hall–Kier alpha value is -1.42. The van der Waals surface area contributed by atoms with Crippen LogP contribution >= 0.6 is 23.1 Å². The van der Waals surface area contributed by atoms with Gasteiger partial charge in [0.1, 0.15) is 10.7 Å². The second kappa shape index (κ2) is 10.1. The van der Waals surface area contributed by atoms with E-state index in [2.05, 4.69) is 20.2 Å². The SMILES string of the molecule is O=C(CCSCc1nc2sc3c(c2c(=O)[nH]1)CCCC3)NCCN1CCOCC1. The minimum atomic E-state index is -0.00847. The normalized spacial score (nSPS) is 17.4.